The van der Waals surface area contributed by atoms with Crippen molar-refractivity contribution in [2.24, 2.45) is 0 Å². The number of ether oxygens (including phenoxy) is 1. The minimum Gasteiger partial charge on any atom is -0.480 e. The molecule has 0 saturated carbocycles. The summed E-state index contributed by atoms with van der Waals surface area (Å²) in [6.45, 7) is 0.617. The number of carbonyl (C=O) groups is 1. The summed E-state index contributed by atoms with van der Waals surface area (Å²) < 4.78 is 5.10. The third-order valence-electron chi connectivity index (χ3n) is 3.59. The van der Waals surface area contributed by atoms with E-state index in [0.29, 0.717) is 18.0 Å². The van der Waals surface area contributed by atoms with E-state index in [2.05, 4.69) is 39.5 Å². The van der Waals surface area contributed by atoms with Crippen molar-refractivity contribution in [2.45, 2.75) is 12.8 Å². The van der Waals surface area contributed by atoms with Gasteiger partial charge in [-0.2, -0.15) is 0 Å². The highest BCUT2D eigenvalue weighted by Crippen LogP contribution is 2.14. The Balaban J connectivity index is 1.80. The zero-order valence-electron chi connectivity index (χ0n) is 13.9. The number of pyridine rings is 1. The number of carbonyl (C=O) groups excluding carboxylic acids is 1. The molecule has 1 N–H and O–H groups in total. The maximum Gasteiger partial charge on any atom is 0.256 e. The van der Waals surface area contributed by atoms with Gasteiger partial charge in [-0.1, -0.05) is 12.1 Å². The van der Waals surface area contributed by atoms with E-state index < -0.39 is 0 Å². The first kappa shape index (κ1) is 16.8. The largest absolute Gasteiger partial charge is 0.480 e. The fraction of sp³-hybridized carbons (Fsp3) is 0.333. The summed E-state index contributed by atoms with van der Waals surface area (Å²) in [4.78, 5) is 18.2. The monoisotopic (exact) mass is 313 g/mol. The minimum absolute atomic E-state index is 0.155. The smallest absolute Gasteiger partial charge is 0.256 e. The van der Waals surface area contributed by atoms with Crippen molar-refractivity contribution in [2.75, 3.05) is 32.6 Å². The van der Waals surface area contributed by atoms with E-state index in [4.69, 9.17) is 4.74 Å². The molecule has 0 radical (unpaired) electrons. The molecule has 0 bridgehead atoms. The zero-order chi connectivity index (χ0) is 16.7. The van der Waals surface area contributed by atoms with E-state index in [0.717, 1.165) is 12.8 Å². The van der Waals surface area contributed by atoms with Crippen LogP contribution in [0.25, 0.3) is 0 Å². The molecule has 2 rings (SSSR count). The Morgan fingerprint density at radius 3 is 2.61 bits per heavy atom. The number of hydrogen-bond acceptors (Lipinski definition) is 4. The molecule has 0 aliphatic heterocycles. The summed E-state index contributed by atoms with van der Waals surface area (Å²) >= 11 is 0. The Kier molecular flexibility index (Phi) is 5.97. The number of anilines is 1. The lowest BCUT2D eigenvalue weighted by molar-refractivity contribution is 0.0949. The maximum absolute atomic E-state index is 12.1. The summed E-state index contributed by atoms with van der Waals surface area (Å²) in [6, 6.07) is 11.9. The molecular formula is C18H23N3O2. The molecular weight excluding hydrogens is 290 g/mol. The molecule has 0 aliphatic carbocycles. The highest BCUT2D eigenvalue weighted by Gasteiger charge is 2.11. The van der Waals surface area contributed by atoms with Crippen molar-refractivity contribution in [3.8, 4) is 5.88 Å². The molecule has 1 aromatic heterocycles. The van der Waals surface area contributed by atoms with Gasteiger partial charge < -0.3 is 15.0 Å². The van der Waals surface area contributed by atoms with Gasteiger partial charge in [-0.3, -0.25) is 4.79 Å². The average molecular weight is 313 g/mol. The van der Waals surface area contributed by atoms with Gasteiger partial charge in [0.2, 0.25) is 5.88 Å². The molecule has 0 atom stereocenters. The van der Waals surface area contributed by atoms with E-state index in [1.807, 2.05) is 14.1 Å². The van der Waals surface area contributed by atoms with Crippen molar-refractivity contribution in [3.63, 3.8) is 0 Å². The van der Waals surface area contributed by atoms with Gasteiger partial charge in [-0.25, -0.2) is 4.98 Å². The molecule has 0 spiro atoms. The van der Waals surface area contributed by atoms with Gasteiger partial charge in [-0.05, 0) is 42.7 Å². The quantitative estimate of drug-likeness (QED) is 0.798. The molecule has 2 aromatic rings. The van der Waals surface area contributed by atoms with Crippen LogP contribution in [-0.2, 0) is 6.42 Å². The molecule has 5 nitrogen and oxygen atoms in total. The molecule has 0 saturated heterocycles. The molecule has 5 heteroatoms. The highest BCUT2D eigenvalue weighted by molar-refractivity contribution is 5.96. The summed E-state index contributed by atoms with van der Waals surface area (Å²) in [6.07, 6.45) is 3.42. The zero-order valence-corrected chi connectivity index (χ0v) is 13.9. The van der Waals surface area contributed by atoms with Gasteiger partial charge in [0.25, 0.3) is 5.91 Å². The van der Waals surface area contributed by atoms with Crippen molar-refractivity contribution < 1.29 is 9.53 Å². The van der Waals surface area contributed by atoms with Gasteiger partial charge in [0, 0.05) is 32.5 Å². The normalized spacial score (nSPS) is 10.2. The molecule has 1 aromatic carbocycles. The molecule has 23 heavy (non-hydrogen) atoms. The number of aryl methyl sites for hydroxylation is 1. The fourth-order valence-corrected chi connectivity index (χ4v) is 2.28. The van der Waals surface area contributed by atoms with Crippen LogP contribution in [0, 0.1) is 0 Å². The standard InChI is InChI=1S/C18H23N3O2/c1-21(2)15-10-8-14(9-11-15)6-4-12-19-17(22)16-7-5-13-20-18(16)23-3/h5,7-11,13H,4,6,12H2,1-3H3,(H,19,22). The molecule has 122 valence electrons. The van der Waals surface area contributed by atoms with Gasteiger partial charge >= 0.3 is 0 Å². The third-order valence-corrected chi connectivity index (χ3v) is 3.59. The van der Waals surface area contributed by atoms with Crippen LogP contribution in [0.3, 0.4) is 0 Å². The van der Waals surface area contributed by atoms with Crippen molar-refractivity contribution in [3.05, 3.63) is 53.7 Å². The molecule has 0 unspecified atom stereocenters. The van der Waals surface area contributed by atoms with E-state index in [1.165, 1.54) is 18.4 Å². The fourth-order valence-electron chi connectivity index (χ4n) is 2.28. The molecule has 1 amide bonds. The number of aromatic nitrogens is 1. The van der Waals surface area contributed by atoms with Crippen LogP contribution in [0.1, 0.15) is 22.3 Å². The van der Waals surface area contributed by atoms with Crippen LogP contribution in [0.15, 0.2) is 42.6 Å². The minimum atomic E-state index is -0.155. The van der Waals surface area contributed by atoms with Crippen LogP contribution in [-0.4, -0.2) is 38.6 Å². The second kappa shape index (κ2) is 8.17. The van der Waals surface area contributed by atoms with Gasteiger partial charge in [0.1, 0.15) is 5.56 Å². The van der Waals surface area contributed by atoms with Gasteiger partial charge in [-0.15, -0.1) is 0 Å². The van der Waals surface area contributed by atoms with Crippen LogP contribution in [0.5, 0.6) is 5.88 Å². The second-order valence-corrected chi connectivity index (χ2v) is 5.48. The first-order valence-corrected chi connectivity index (χ1v) is 7.65. The third kappa shape index (κ3) is 4.71. The summed E-state index contributed by atoms with van der Waals surface area (Å²) in [5.41, 5.74) is 2.92. The number of hydrogen-bond donors (Lipinski definition) is 1. The van der Waals surface area contributed by atoms with Crippen molar-refractivity contribution >= 4 is 11.6 Å². The predicted molar refractivity (Wildman–Crippen MR) is 92.2 cm³/mol. The Hall–Kier alpha value is -2.56. The van der Waals surface area contributed by atoms with Crippen LogP contribution in [0.2, 0.25) is 0 Å². The number of rotatable bonds is 7. The lowest BCUT2D eigenvalue weighted by atomic mass is 10.1. The summed E-state index contributed by atoms with van der Waals surface area (Å²) in [5.74, 6) is 0.196. The maximum atomic E-state index is 12.1. The first-order valence-electron chi connectivity index (χ1n) is 7.65. The van der Waals surface area contributed by atoms with Gasteiger partial charge in [0.05, 0.1) is 7.11 Å². The van der Waals surface area contributed by atoms with Crippen LogP contribution < -0.4 is 15.0 Å². The van der Waals surface area contributed by atoms with E-state index in [9.17, 15) is 4.79 Å². The van der Waals surface area contributed by atoms with E-state index >= 15 is 0 Å². The average Bonchev–Trinajstić information content (AvgIpc) is 2.58. The van der Waals surface area contributed by atoms with Crippen molar-refractivity contribution in [1.82, 2.24) is 10.3 Å². The Bertz CT molecular complexity index is 639. The molecule has 0 fully saturated rings. The Morgan fingerprint density at radius 1 is 1.22 bits per heavy atom. The van der Waals surface area contributed by atoms with E-state index in [1.54, 1.807) is 18.3 Å². The predicted octanol–water partition coefficient (Wildman–Crippen LogP) is 2.52. The van der Waals surface area contributed by atoms with Gasteiger partial charge in [0.15, 0.2) is 0 Å². The Labute approximate surface area is 137 Å². The summed E-state index contributed by atoms with van der Waals surface area (Å²) in [7, 11) is 5.56. The highest BCUT2D eigenvalue weighted by atomic mass is 16.5. The topological polar surface area (TPSA) is 54.5 Å². The Morgan fingerprint density at radius 2 is 1.96 bits per heavy atom. The van der Waals surface area contributed by atoms with Crippen LogP contribution >= 0.6 is 0 Å². The number of nitrogens with one attached hydrogen (secondary N) is 1. The van der Waals surface area contributed by atoms with E-state index in [-0.39, 0.29) is 5.91 Å². The first-order chi connectivity index (χ1) is 11.1. The molecule has 0 aliphatic rings. The number of nitrogens with zero attached hydrogens (tertiary/aromatic N) is 2. The van der Waals surface area contributed by atoms with Crippen LogP contribution in [0.4, 0.5) is 5.69 Å². The second-order valence-electron chi connectivity index (χ2n) is 5.48. The SMILES string of the molecule is COc1ncccc1C(=O)NCCCc1ccc(N(C)C)cc1. The van der Waals surface area contributed by atoms with Crippen molar-refractivity contribution in [1.29, 1.82) is 0 Å². The number of benzene rings is 1. The molecule has 1 heterocycles. The number of methoxy groups -OCH3 is 1. The lowest BCUT2D eigenvalue weighted by Crippen LogP contribution is -2.25. The lowest BCUT2D eigenvalue weighted by Gasteiger charge is -2.12. The number of amides is 1. The summed E-state index contributed by atoms with van der Waals surface area (Å²) in [5, 5.41) is 2.91.